The van der Waals surface area contributed by atoms with Crippen LogP contribution in [0.25, 0.3) is 0 Å². The van der Waals surface area contributed by atoms with Crippen LogP contribution in [0.3, 0.4) is 0 Å². The minimum absolute atomic E-state index is 0.215. The highest BCUT2D eigenvalue weighted by atomic mass is 32.2. The zero-order valence-electron chi connectivity index (χ0n) is 16.6. The van der Waals surface area contributed by atoms with Gasteiger partial charge >= 0.3 is 0 Å². The van der Waals surface area contributed by atoms with E-state index in [4.69, 9.17) is 0 Å². The van der Waals surface area contributed by atoms with Gasteiger partial charge in [-0.15, -0.1) is 0 Å². The second-order valence-electron chi connectivity index (χ2n) is 6.72. The molecule has 5 heteroatoms. The van der Waals surface area contributed by atoms with Crippen LogP contribution in [0.15, 0.2) is 117 Å². The Morgan fingerprint density at radius 2 is 0.903 bits per heavy atom. The van der Waals surface area contributed by atoms with E-state index in [0.29, 0.717) is 11.1 Å². The van der Waals surface area contributed by atoms with Gasteiger partial charge in [-0.3, -0.25) is 9.98 Å². The Bertz CT molecular complexity index is 1120. The highest BCUT2D eigenvalue weighted by Crippen LogP contribution is 2.30. The van der Waals surface area contributed by atoms with E-state index in [0.717, 1.165) is 21.2 Å². The first-order chi connectivity index (χ1) is 15.2. The molecule has 0 saturated carbocycles. The maximum Gasteiger partial charge on any atom is 0.124 e. The number of rotatable bonds is 6. The Kier molecular flexibility index (Phi) is 6.45. The van der Waals surface area contributed by atoms with E-state index in [1.165, 1.54) is 0 Å². The number of aromatic hydroxyl groups is 2. The van der Waals surface area contributed by atoms with Gasteiger partial charge in [-0.1, -0.05) is 36.0 Å². The highest BCUT2D eigenvalue weighted by Gasteiger charge is 2.00. The molecule has 31 heavy (non-hydrogen) atoms. The van der Waals surface area contributed by atoms with Crippen molar-refractivity contribution < 1.29 is 10.2 Å². The molecule has 0 heterocycles. The van der Waals surface area contributed by atoms with Crippen LogP contribution in [-0.2, 0) is 0 Å². The zero-order chi connectivity index (χ0) is 21.5. The molecule has 0 aliphatic heterocycles. The van der Waals surface area contributed by atoms with E-state index in [1.54, 1.807) is 48.5 Å². The number of hydrogen-bond donors (Lipinski definition) is 2. The molecule has 0 atom stereocenters. The van der Waals surface area contributed by atoms with Gasteiger partial charge in [0.2, 0.25) is 0 Å². The lowest BCUT2D eigenvalue weighted by Crippen LogP contribution is -1.81. The summed E-state index contributed by atoms with van der Waals surface area (Å²) in [5.74, 6) is 0.429. The third-order valence-corrected chi connectivity index (χ3v) is 5.50. The molecule has 4 rings (SSSR count). The van der Waals surface area contributed by atoms with Crippen LogP contribution in [0.5, 0.6) is 11.5 Å². The summed E-state index contributed by atoms with van der Waals surface area (Å²) in [6.07, 6.45) is 3.32. The second-order valence-corrected chi connectivity index (χ2v) is 7.87. The van der Waals surface area contributed by atoms with Crippen LogP contribution in [0.2, 0.25) is 0 Å². The number of aliphatic imine (C=N–C) groups is 2. The number of hydrogen-bond acceptors (Lipinski definition) is 5. The summed E-state index contributed by atoms with van der Waals surface area (Å²) in [6, 6.07) is 30.1. The van der Waals surface area contributed by atoms with Crippen LogP contribution < -0.4 is 0 Å². The summed E-state index contributed by atoms with van der Waals surface area (Å²) < 4.78 is 0. The molecule has 0 radical (unpaired) electrons. The van der Waals surface area contributed by atoms with Crippen molar-refractivity contribution in [1.82, 2.24) is 0 Å². The van der Waals surface area contributed by atoms with Crippen molar-refractivity contribution in [3.63, 3.8) is 0 Å². The van der Waals surface area contributed by atoms with E-state index in [2.05, 4.69) is 9.98 Å². The Hall–Kier alpha value is -3.83. The fraction of sp³-hybridized carbons (Fsp3) is 0. The first-order valence-corrected chi connectivity index (χ1v) is 10.5. The molecule has 0 spiro atoms. The number of benzene rings is 4. The summed E-state index contributed by atoms with van der Waals surface area (Å²) in [5.41, 5.74) is 3.01. The van der Waals surface area contributed by atoms with Crippen LogP contribution >= 0.6 is 11.8 Å². The van der Waals surface area contributed by atoms with Crippen molar-refractivity contribution in [3.05, 3.63) is 108 Å². The SMILES string of the molecule is Oc1ccccc1C=Nc1ccc(Sc2ccc(N=Cc3ccccc3O)cc2)cc1. The van der Waals surface area contributed by atoms with Gasteiger partial charge in [0.25, 0.3) is 0 Å². The number of nitrogens with zero attached hydrogens (tertiary/aromatic N) is 2. The second kappa shape index (κ2) is 9.78. The summed E-state index contributed by atoms with van der Waals surface area (Å²) in [4.78, 5) is 11.0. The Balaban J connectivity index is 1.38. The molecule has 0 amide bonds. The minimum Gasteiger partial charge on any atom is -0.507 e. The van der Waals surface area contributed by atoms with Crippen molar-refractivity contribution in [3.8, 4) is 11.5 Å². The van der Waals surface area contributed by atoms with Crippen molar-refractivity contribution in [2.45, 2.75) is 9.79 Å². The molecule has 0 saturated heterocycles. The summed E-state index contributed by atoms with van der Waals surface area (Å²) in [5, 5.41) is 19.6. The lowest BCUT2D eigenvalue weighted by Gasteiger charge is -2.03. The maximum atomic E-state index is 9.81. The molecule has 4 nitrogen and oxygen atoms in total. The molecule has 2 N–H and O–H groups in total. The normalized spacial score (nSPS) is 11.4. The largest absolute Gasteiger partial charge is 0.507 e. The highest BCUT2D eigenvalue weighted by molar-refractivity contribution is 7.99. The van der Waals surface area contributed by atoms with Gasteiger partial charge in [0.05, 0.1) is 11.4 Å². The summed E-state index contributed by atoms with van der Waals surface area (Å²) >= 11 is 1.66. The number of phenolic OH excluding ortho intramolecular Hbond substituents is 2. The first kappa shape index (κ1) is 20.4. The molecule has 0 fully saturated rings. The van der Waals surface area contributed by atoms with Gasteiger partial charge in [0, 0.05) is 33.3 Å². The lowest BCUT2D eigenvalue weighted by atomic mass is 10.2. The fourth-order valence-electron chi connectivity index (χ4n) is 2.82. The Morgan fingerprint density at radius 1 is 0.516 bits per heavy atom. The quantitative estimate of drug-likeness (QED) is 0.336. The van der Waals surface area contributed by atoms with Gasteiger partial charge in [-0.2, -0.15) is 0 Å². The monoisotopic (exact) mass is 424 g/mol. The Morgan fingerprint density at radius 3 is 1.29 bits per heavy atom. The standard InChI is InChI=1S/C26H20N2O2S/c29-25-7-3-1-5-19(25)17-27-21-9-13-23(14-10-21)31-24-15-11-22(12-16-24)28-18-20-6-2-4-8-26(20)30/h1-18,29-30H. The van der Waals surface area contributed by atoms with Crippen LogP contribution in [-0.4, -0.2) is 22.6 Å². The van der Waals surface area contributed by atoms with E-state index < -0.39 is 0 Å². The van der Waals surface area contributed by atoms with Gasteiger partial charge in [-0.05, 0) is 72.8 Å². The Labute approximate surface area is 185 Å². The third kappa shape index (κ3) is 5.62. The van der Waals surface area contributed by atoms with Crippen LogP contribution in [0.1, 0.15) is 11.1 Å². The molecule has 0 unspecified atom stereocenters. The minimum atomic E-state index is 0.215. The van der Waals surface area contributed by atoms with Crippen molar-refractivity contribution in [1.29, 1.82) is 0 Å². The van der Waals surface area contributed by atoms with Crippen molar-refractivity contribution in [2.75, 3.05) is 0 Å². The molecule has 0 bridgehead atoms. The summed E-state index contributed by atoms with van der Waals surface area (Å²) in [6.45, 7) is 0. The fourth-order valence-corrected chi connectivity index (χ4v) is 3.63. The van der Waals surface area contributed by atoms with E-state index in [-0.39, 0.29) is 11.5 Å². The lowest BCUT2D eigenvalue weighted by molar-refractivity contribution is 0.474. The molecule has 0 aliphatic rings. The van der Waals surface area contributed by atoms with Crippen molar-refractivity contribution >= 4 is 35.6 Å². The number of para-hydroxylation sites is 2. The van der Waals surface area contributed by atoms with E-state index in [1.807, 2.05) is 72.8 Å². The number of phenols is 2. The van der Waals surface area contributed by atoms with Gasteiger partial charge in [-0.25, -0.2) is 0 Å². The van der Waals surface area contributed by atoms with Gasteiger partial charge in [0.15, 0.2) is 0 Å². The maximum absolute atomic E-state index is 9.81. The predicted molar refractivity (Wildman–Crippen MR) is 128 cm³/mol. The average Bonchev–Trinajstić information content (AvgIpc) is 2.80. The van der Waals surface area contributed by atoms with E-state index >= 15 is 0 Å². The van der Waals surface area contributed by atoms with Gasteiger partial charge in [0.1, 0.15) is 11.5 Å². The average molecular weight is 425 g/mol. The van der Waals surface area contributed by atoms with E-state index in [9.17, 15) is 10.2 Å². The molecule has 152 valence electrons. The zero-order valence-corrected chi connectivity index (χ0v) is 17.4. The molecule has 4 aromatic carbocycles. The molecule has 0 aromatic heterocycles. The van der Waals surface area contributed by atoms with Crippen LogP contribution in [0, 0.1) is 0 Å². The smallest absolute Gasteiger partial charge is 0.124 e. The van der Waals surface area contributed by atoms with Gasteiger partial charge < -0.3 is 10.2 Å². The summed E-state index contributed by atoms with van der Waals surface area (Å²) in [7, 11) is 0. The molecular formula is C26H20N2O2S. The predicted octanol–water partition coefficient (Wildman–Crippen LogP) is 6.75. The molecule has 0 aliphatic carbocycles. The first-order valence-electron chi connectivity index (χ1n) is 9.69. The molecule has 4 aromatic rings. The van der Waals surface area contributed by atoms with Crippen molar-refractivity contribution in [2.24, 2.45) is 9.98 Å². The van der Waals surface area contributed by atoms with Crippen LogP contribution in [0.4, 0.5) is 11.4 Å². The third-order valence-electron chi connectivity index (χ3n) is 4.49. The molecular weight excluding hydrogens is 404 g/mol. The topological polar surface area (TPSA) is 65.2 Å².